The summed E-state index contributed by atoms with van der Waals surface area (Å²) in [7, 11) is 0. The highest BCUT2D eigenvalue weighted by atomic mass is 16.5. The van der Waals surface area contributed by atoms with E-state index >= 15 is 0 Å². The molecule has 0 aromatic carbocycles. The van der Waals surface area contributed by atoms with Crippen LogP contribution in [0, 0.1) is 0 Å². The van der Waals surface area contributed by atoms with Gasteiger partial charge in [0.25, 0.3) is 0 Å². The molecule has 1 N–H and O–H groups in total. The lowest BCUT2D eigenvalue weighted by Gasteiger charge is -2.25. The molecule has 0 aromatic heterocycles. The second-order valence-corrected chi connectivity index (χ2v) is 4.08. The largest absolute Gasteiger partial charge is 0.380 e. The average molecular weight is 216 g/mol. The van der Waals surface area contributed by atoms with E-state index < -0.39 is 0 Å². The SMILES string of the molecule is CCCN(CCNCCOCC)C(C)C. The van der Waals surface area contributed by atoms with Crippen LogP contribution in [0.25, 0.3) is 0 Å². The zero-order valence-electron chi connectivity index (χ0n) is 10.9. The average Bonchev–Trinajstić information content (AvgIpc) is 2.21. The van der Waals surface area contributed by atoms with Crippen LogP contribution in [0.1, 0.15) is 34.1 Å². The predicted molar refractivity (Wildman–Crippen MR) is 66.4 cm³/mol. The Bertz CT molecular complexity index is 129. The summed E-state index contributed by atoms with van der Waals surface area (Å²) in [6.45, 7) is 14.8. The molecule has 0 unspecified atom stereocenters. The fourth-order valence-corrected chi connectivity index (χ4v) is 1.55. The van der Waals surface area contributed by atoms with E-state index in [1.165, 1.54) is 13.0 Å². The fraction of sp³-hybridized carbons (Fsp3) is 1.00. The first kappa shape index (κ1) is 14.9. The smallest absolute Gasteiger partial charge is 0.0590 e. The molecule has 0 atom stereocenters. The van der Waals surface area contributed by atoms with Crippen LogP contribution < -0.4 is 5.32 Å². The van der Waals surface area contributed by atoms with E-state index in [2.05, 4.69) is 31.0 Å². The summed E-state index contributed by atoms with van der Waals surface area (Å²) in [5, 5.41) is 3.40. The second-order valence-electron chi connectivity index (χ2n) is 4.08. The first-order valence-electron chi connectivity index (χ1n) is 6.24. The molecule has 3 nitrogen and oxygen atoms in total. The highest BCUT2D eigenvalue weighted by Gasteiger charge is 2.06. The molecule has 92 valence electrons. The van der Waals surface area contributed by atoms with Gasteiger partial charge in [-0.2, -0.15) is 0 Å². The zero-order valence-corrected chi connectivity index (χ0v) is 10.9. The summed E-state index contributed by atoms with van der Waals surface area (Å²) < 4.78 is 5.26. The third kappa shape index (κ3) is 8.85. The van der Waals surface area contributed by atoms with E-state index in [0.717, 1.165) is 32.8 Å². The molecule has 0 aliphatic heterocycles. The Morgan fingerprint density at radius 1 is 1.13 bits per heavy atom. The maximum atomic E-state index is 5.26. The first-order chi connectivity index (χ1) is 7.22. The summed E-state index contributed by atoms with van der Waals surface area (Å²) in [5.41, 5.74) is 0. The third-order valence-corrected chi connectivity index (χ3v) is 2.44. The van der Waals surface area contributed by atoms with Gasteiger partial charge in [0.2, 0.25) is 0 Å². The van der Waals surface area contributed by atoms with Crippen molar-refractivity contribution in [2.75, 3.05) is 39.4 Å². The quantitative estimate of drug-likeness (QED) is 0.563. The highest BCUT2D eigenvalue weighted by Crippen LogP contribution is 1.97. The molecule has 0 saturated carbocycles. The second kappa shape index (κ2) is 10.4. The van der Waals surface area contributed by atoms with Crippen LogP contribution >= 0.6 is 0 Å². The lowest BCUT2D eigenvalue weighted by atomic mass is 10.3. The number of nitrogens with one attached hydrogen (secondary N) is 1. The van der Waals surface area contributed by atoms with Crippen LogP contribution in [0.5, 0.6) is 0 Å². The van der Waals surface area contributed by atoms with Gasteiger partial charge in [0.15, 0.2) is 0 Å². The van der Waals surface area contributed by atoms with Gasteiger partial charge in [-0.15, -0.1) is 0 Å². The molecule has 0 rings (SSSR count). The maximum Gasteiger partial charge on any atom is 0.0590 e. The van der Waals surface area contributed by atoms with E-state index in [1.54, 1.807) is 0 Å². The fourth-order valence-electron chi connectivity index (χ4n) is 1.55. The molecule has 0 spiro atoms. The van der Waals surface area contributed by atoms with Gasteiger partial charge in [-0.1, -0.05) is 6.92 Å². The number of ether oxygens (including phenoxy) is 1. The van der Waals surface area contributed by atoms with Gasteiger partial charge >= 0.3 is 0 Å². The molecule has 15 heavy (non-hydrogen) atoms. The Labute approximate surface area is 95.2 Å². The van der Waals surface area contributed by atoms with Gasteiger partial charge in [0, 0.05) is 32.3 Å². The van der Waals surface area contributed by atoms with Crippen molar-refractivity contribution in [3.8, 4) is 0 Å². The maximum absolute atomic E-state index is 5.26. The Morgan fingerprint density at radius 2 is 1.87 bits per heavy atom. The number of rotatable bonds is 10. The molecule has 0 bridgehead atoms. The van der Waals surface area contributed by atoms with Crippen molar-refractivity contribution in [3.63, 3.8) is 0 Å². The van der Waals surface area contributed by atoms with Crippen LogP contribution in [0.2, 0.25) is 0 Å². The van der Waals surface area contributed by atoms with Gasteiger partial charge in [0.1, 0.15) is 0 Å². The first-order valence-corrected chi connectivity index (χ1v) is 6.24. The van der Waals surface area contributed by atoms with Crippen LogP contribution in [-0.2, 0) is 4.74 Å². The topological polar surface area (TPSA) is 24.5 Å². The van der Waals surface area contributed by atoms with Gasteiger partial charge in [-0.3, -0.25) is 4.90 Å². The number of hydrogen-bond acceptors (Lipinski definition) is 3. The van der Waals surface area contributed by atoms with Gasteiger partial charge < -0.3 is 10.1 Å². The molecule has 0 aliphatic rings. The molecular formula is C12H28N2O. The summed E-state index contributed by atoms with van der Waals surface area (Å²) in [4.78, 5) is 2.51. The minimum absolute atomic E-state index is 0.652. The minimum atomic E-state index is 0.652. The molecule has 3 heteroatoms. The van der Waals surface area contributed by atoms with E-state index in [1.807, 2.05) is 6.92 Å². The van der Waals surface area contributed by atoms with Crippen LogP contribution in [-0.4, -0.2) is 50.3 Å². The molecule has 0 heterocycles. The summed E-state index contributed by atoms with van der Waals surface area (Å²) in [5.74, 6) is 0. The number of nitrogens with zero attached hydrogens (tertiary/aromatic N) is 1. The van der Waals surface area contributed by atoms with E-state index in [0.29, 0.717) is 6.04 Å². The van der Waals surface area contributed by atoms with E-state index in [4.69, 9.17) is 4.74 Å². The molecule has 0 aliphatic carbocycles. The lowest BCUT2D eigenvalue weighted by Crippen LogP contribution is -2.38. The number of hydrogen-bond donors (Lipinski definition) is 1. The highest BCUT2D eigenvalue weighted by molar-refractivity contribution is 4.63. The molecule has 0 radical (unpaired) electrons. The van der Waals surface area contributed by atoms with E-state index in [9.17, 15) is 0 Å². The van der Waals surface area contributed by atoms with E-state index in [-0.39, 0.29) is 0 Å². The van der Waals surface area contributed by atoms with Crippen LogP contribution in [0.4, 0.5) is 0 Å². The lowest BCUT2D eigenvalue weighted by molar-refractivity contribution is 0.147. The van der Waals surface area contributed by atoms with Crippen molar-refractivity contribution in [2.45, 2.75) is 40.2 Å². The van der Waals surface area contributed by atoms with Gasteiger partial charge in [0.05, 0.1) is 6.61 Å². The zero-order chi connectivity index (χ0) is 11.5. The Kier molecular flexibility index (Phi) is 10.3. The van der Waals surface area contributed by atoms with Crippen LogP contribution in [0.15, 0.2) is 0 Å². The molecule has 0 amide bonds. The Balaban J connectivity index is 3.37. The van der Waals surface area contributed by atoms with Crippen molar-refractivity contribution in [2.24, 2.45) is 0 Å². The standard InChI is InChI=1S/C12H28N2O/c1-5-9-14(12(3)4)10-7-13-8-11-15-6-2/h12-13H,5-11H2,1-4H3. The molecule has 0 saturated heterocycles. The molecular weight excluding hydrogens is 188 g/mol. The summed E-state index contributed by atoms with van der Waals surface area (Å²) in [6.07, 6.45) is 1.23. The molecule has 0 fully saturated rings. The van der Waals surface area contributed by atoms with Crippen molar-refractivity contribution in [1.82, 2.24) is 10.2 Å². The van der Waals surface area contributed by atoms with Gasteiger partial charge in [-0.25, -0.2) is 0 Å². The van der Waals surface area contributed by atoms with Crippen LogP contribution in [0.3, 0.4) is 0 Å². The van der Waals surface area contributed by atoms with Gasteiger partial charge in [-0.05, 0) is 33.7 Å². The third-order valence-electron chi connectivity index (χ3n) is 2.44. The normalized spacial score (nSPS) is 11.6. The minimum Gasteiger partial charge on any atom is -0.380 e. The predicted octanol–water partition coefficient (Wildman–Crippen LogP) is 1.73. The van der Waals surface area contributed by atoms with Crippen molar-refractivity contribution in [3.05, 3.63) is 0 Å². The van der Waals surface area contributed by atoms with Crippen molar-refractivity contribution < 1.29 is 4.74 Å². The summed E-state index contributed by atoms with van der Waals surface area (Å²) >= 11 is 0. The monoisotopic (exact) mass is 216 g/mol. The van der Waals surface area contributed by atoms with Crippen molar-refractivity contribution >= 4 is 0 Å². The Hall–Kier alpha value is -0.120. The molecule has 0 aromatic rings. The van der Waals surface area contributed by atoms with Crippen molar-refractivity contribution in [1.29, 1.82) is 0 Å². The Morgan fingerprint density at radius 3 is 2.40 bits per heavy atom. The summed E-state index contributed by atoms with van der Waals surface area (Å²) in [6, 6.07) is 0.652.